The summed E-state index contributed by atoms with van der Waals surface area (Å²) in [6, 6.07) is 0. The van der Waals surface area contributed by atoms with Crippen LogP contribution in [-0.2, 0) is 14.3 Å². The van der Waals surface area contributed by atoms with E-state index >= 15 is 0 Å². The fourth-order valence-electron chi connectivity index (χ4n) is 5.45. The zero-order valence-electron chi connectivity index (χ0n) is 11.0. The first-order valence-electron chi connectivity index (χ1n) is 6.84. The van der Waals surface area contributed by atoms with Gasteiger partial charge in [0.05, 0.1) is 5.92 Å². The van der Waals surface area contributed by atoms with Crippen LogP contribution >= 0.6 is 0 Å². The van der Waals surface area contributed by atoms with E-state index in [2.05, 4.69) is 19.9 Å². The summed E-state index contributed by atoms with van der Waals surface area (Å²) in [6.07, 6.45) is 5.72. The van der Waals surface area contributed by atoms with Crippen molar-refractivity contribution in [2.45, 2.75) is 39.7 Å². The number of fused-ring (bicyclic) bond motifs is 2. The number of esters is 1. The van der Waals surface area contributed by atoms with Gasteiger partial charge in [-0.1, -0.05) is 26.8 Å². The largest absolute Gasteiger partial charge is 0.461 e. The maximum Gasteiger partial charge on any atom is 0.309 e. The monoisotopic (exact) mass is 246 g/mol. The van der Waals surface area contributed by atoms with Gasteiger partial charge in [0.1, 0.15) is 6.10 Å². The van der Waals surface area contributed by atoms with Crippen molar-refractivity contribution < 1.29 is 14.3 Å². The summed E-state index contributed by atoms with van der Waals surface area (Å²) in [5.41, 5.74) is -0.540. The third kappa shape index (κ3) is 0.703. The SMILES string of the molecule is C[C@@H]1C(=O)O[C@@H]2[C@H]1CC[C@]1(C)[C@@]3(C)C(=O)C=C[C@@]213. The highest BCUT2D eigenvalue weighted by Crippen LogP contribution is 2.87. The van der Waals surface area contributed by atoms with Crippen molar-refractivity contribution in [3.8, 4) is 0 Å². The Balaban J connectivity index is 1.87. The summed E-state index contributed by atoms with van der Waals surface area (Å²) in [7, 11) is 0. The van der Waals surface area contributed by atoms with Crippen LogP contribution in [0.1, 0.15) is 33.6 Å². The Hall–Kier alpha value is -1.12. The second-order valence-corrected chi connectivity index (χ2v) is 6.87. The number of ether oxygens (including phenoxy) is 1. The minimum absolute atomic E-state index is 0.00264. The molecule has 4 aliphatic rings. The molecule has 0 bridgehead atoms. The zero-order valence-corrected chi connectivity index (χ0v) is 11.0. The summed E-state index contributed by atoms with van der Waals surface area (Å²) >= 11 is 0. The predicted octanol–water partition coefficient (Wildman–Crippen LogP) is 2.11. The van der Waals surface area contributed by atoms with Crippen molar-refractivity contribution in [3.05, 3.63) is 12.2 Å². The van der Waals surface area contributed by atoms with Crippen LogP contribution in [-0.4, -0.2) is 17.9 Å². The molecule has 0 aromatic rings. The maximum absolute atomic E-state index is 12.2. The molecule has 3 nitrogen and oxygen atoms in total. The Morgan fingerprint density at radius 3 is 2.78 bits per heavy atom. The highest BCUT2D eigenvalue weighted by Gasteiger charge is 2.90. The van der Waals surface area contributed by atoms with Crippen molar-refractivity contribution in [2.24, 2.45) is 28.1 Å². The van der Waals surface area contributed by atoms with E-state index in [1.165, 1.54) is 0 Å². The molecule has 3 heteroatoms. The van der Waals surface area contributed by atoms with Crippen LogP contribution in [0.5, 0.6) is 0 Å². The third-order valence-corrected chi connectivity index (χ3v) is 6.84. The van der Waals surface area contributed by atoms with E-state index in [0.29, 0.717) is 5.92 Å². The number of ketones is 1. The summed E-state index contributed by atoms with van der Waals surface area (Å²) in [5, 5.41) is 0. The first-order valence-corrected chi connectivity index (χ1v) is 6.84. The molecule has 96 valence electrons. The smallest absolute Gasteiger partial charge is 0.309 e. The van der Waals surface area contributed by atoms with Crippen LogP contribution in [0.15, 0.2) is 12.2 Å². The first-order chi connectivity index (χ1) is 8.40. The zero-order chi connectivity index (χ0) is 12.9. The third-order valence-electron chi connectivity index (χ3n) is 6.84. The molecule has 0 amide bonds. The van der Waals surface area contributed by atoms with Crippen molar-refractivity contribution in [1.82, 2.24) is 0 Å². The fraction of sp³-hybridized carbons (Fsp3) is 0.733. The van der Waals surface area contributed by atoms with E-state index in [-0.39, 0.29) is 40.0 Å². The maximum atomic E-state index is 12.2. The molecule has 3 aliphatic carbocycles. The van der Waals surface area contributed by atoms with E-state index < -0.39 is 0 Å². The minimum Gasteiger partial charge on any atom is -0.461 e. The lowest BCUT2D eigenvalue weighted by atomic mass is 9.70. The Labute approximate surface area is 107 Å². The van der Waals surface area contributed by atoms with Gasteiger partial charge in [0.15, 0.2) is 5.78 Å². The molecule has 18 heavy (non-hydrogen) atoms. The second kappa shape index (κ2) is 2.59. The lowest BCUT2D eigenvalue weighted by Gasteiger charge is -2.34. The van der Waals surface area contributed by atoms with E-state index in [4.69, 9.17) is 4.74 Å². The van der Waals surface area contributed by atoms with E-state index in [0.717, 1.165) is 12.8 Å². The van der Waals surface area contributed by atoms with Gasteiger partial charge < -0.3 is 4.74 Å². The van der Waals surface area contributed by atoms with Crippen molar-refractivity contribution in [2.75, 3.05) is 0 Å². The van der Waals surface area contributed by atoms with Crippen LogP contribution < -0.4 is 0 Å². The van der Waals surface area contributed by atoms with Gasteiger partial charge in [-0.3, -0.25) is 9.59 Å². The molecule has 1 spiro atoms. The molecule has 3 fully saturated rings. The summed E-state index contributed by atoms with van der Waals surface area (Å²) < 4.78 is 5.67. The summed E-state index contributed by atoms with van der Waals surface area (Å²) in [6.45, 7) is 6.22. The normalized spacial score (nSPS) is 60.1. The van der Waals surface area contributed by atoms with Gasteiger partial charge in [0.2, 0.25) is 0 Å². The predicted molar refractivity (Wildman–Crippen MR) is 64.6 cm³/mol. The standard InChI is InChI=1S/C15H18O3/c1-8-9-4-6-13(2)14(3)10(16)5-7-15(13,14)11(9)18-12(8)17/h5,7-9,11H,4,6H2,1-3H3/t8-,9-,11+,13+,14+,15+/m0/s1. The molecule has 4 rings (SSSR count). The van der Waals surface area contributed by atoms with Crippen molar-refractivity contribution in [1.29, 1.82) is 0 Å². The van der Waals surface area contributed by atoms with Gasteiger partial charge in [-0.25, -0.2) is 0 Å². The number of hydrogen-bond acceptors (Lipinski definition) is 3. The molecule has 6 atom stereocenters. The van der Waals surface area contributed by atoms with E-state index in [9.17, 15) is 9.59 Å². The van der Waals surface area contributed by atoms with Crippen LogP contribution in [0.4, 0.5) is 0 Å². The van der Waals surface area contributed by atoms with Crippen LogP contribution in [0.25, 0.3) is 0 Å². The van der Waals surface area contributed by atoms with E-state index in [1.54, 1.807) is 6.08 Å². The lowest BCUT2D eigenvalue weighted by Crippen LogP contribution is -2.36. The number of allylic oxidation sites excluding steroid dienone is 1. The number of carbonyl (C=O) groups excluding carboxylic acids is 2. The highest BCUT2D eigenvalue weighted by molar-refractivity contribution is 6.04. The molecule has 1 aliphatic heterocycles. The number of hydrogen-bond donors (Lipinski definition) is 0. The first kappa shape index (κ1) is 10.8. The van der Waals surface area contributed by atoms with Gasteiger partial charge in [-0.05, 0) is 24.3 Å². The van der Waals surface area contributed by atoms with Gasteiger partial charge in [0, 0.05) is 16.7 Å². The quantitative estimate of drug-likeness (QED) is 0.615. The summed E-state index contributed by atoms with van der Waals surface area (Å²) in [5.74, 6) is 0.428. The highest BCUT2D eigenvalue weighted by atomic mass is 16.6. The van der Waals surface area contributed by atoms with Crippen molar-refractivity contribution in [3.63, 3.8) is 0 Å². The van der Waals surface area contributed by atoms with Crippen molar-refractivity contribution >= 4 is 11.8 Å². The summed E-state index contributed by atoms with van der Waals surface area (Å²) in [4.78, 5) is 24.1. The molecule has 2 saturated carbocycles. The molecule has 1 saturated heterocycles. The van der Waals surface area contributed by atoms with E-state index in [1.807, 2.05) is 6.92 Å². The average Bonchev–Trinajstić information content (AvgIpc) is 2.56. The Morgan fingerprint density at radius 2 is 2.06 bits per heavy atom. The topological polar surface area (TPSA) is 43.4 Å². The van der Waals surface area contributed by atoms with Gasteiger partial charge >= 0.3 is 5.97 Å². The molecule has 0 unspecified atom stereocenters. The Kier molecular flexibility index (Phi) is 1.55. The molecule has 0 aromatic heterocycles. The lowest BCUT2D eigenvalue weighted by molar-refractivity contribution is -0.146. The molecular formula is C15H18O3. The molecule has 0 N–H and O–H groups in total. The number of rotatable bonds is 0. The number of carbonyl (C=O) groups is 2. The van der Waals surface area contributed by atoms with Gasteiger partial charge in [-0.15, -0.1) is 0 Å². The fourth-order valence-corrected chi connectivity index (χ4v) is 5.45. The van der Waals surface area contributed by atoms with Gasteiger partial charge in [-0.2, -0.15) is 0 Å². The Morgan fingerprint density at radius 1 is 1.33 bits per heavy atom. The molecular weight excluding hydrogens is 228 g/mol. The molecule has 1 heterocycles. The van der Waals surface area contributed by atoms with Crippen LogP contribution in [0, 0.1) is 28.1 Å². The van der Waals surface area contributed by atoms with Crippen LogP contribution in [0.3, 0.4) is 0 Å². The average molecular weight is 246 g/mol. The molecule has 0 radical (unpaired) electrons. The van der Waals surface area contributed by atoms with Gasteiger partial charge in [0.25, 0.3) is 0 Å². The second-order valence-electron chi connectivity index (χ2n) is 6.87. The van der Waals surface area contributed by atoms with Crippen LogP contribution in [0.2, 0.25) is 0 Å². The molecule has 0 aromatic carbocycles. The minimum atomic E-state index is -0.330. The Bertz CT molecular complexity index is 522.